The maximum Gasteiger partial charge on any atom is 0.187 e. The van der Waals surface area contributed by atoms with Crippen molar-refractivity contribution >= 4 is 33.1 Å². The number of fused-ring (bicyclic) bond motifs is 3. The van der Waals surface area contributed by atoms with Gasteiger partial charge in [0.15, 0.2) is 5.82 Å². The van der Waals surface area contributed by atoms with Gasteiger partial charge >= 0.3 is 0 Å². The number of thiophene rings is 1. The standard InChI is InChI=1S/C25H31N5OS/c31-19-9-7-18(8-10-19)29-13-15-30(16-14-29)24-23-20-5-4-6-21(20)32-25(23)27-22(26-24)17-28-11-2-1-3-12-28/h7-10,31H,1-6,11-17H2/p+1. The first-order chi connectivity index (χ1) is 15.7. The van der Waals surface area contributed by atoms with E-state index in [1.807, 2.05) is 23.5 Å². The first kappa shape index (κ1) is 20.2. The Bertz CT molecular complexity index is 1100. The fourth-order valence-electron chi connectivity index (χ4n) is 5.62. The molecule has 0 amide bonds. The monoisotopic (exact) mass is 450 g/mol. The molecule has 0 unspecified atom stereocenters. The number of aromatic hydroxyl groups is 1. The number of rotatable bonds is 4. The molecular formula is C25H32N5OS+. The van der Waals surface area contributed by atoms with Crippen molar-refractivity contribution in [3.05, 3.63) is 40.5 Å². The van der Waals surface area contributed by atoms with Crippen LogP contribution < -0.4 is 14.7 Å². The molecule has 7 heteroatoms. The van der Waals surface area contributed by atoms with Gasteiger partial charge in [0.25, 0.3) is 0 Å². The molecule has 2 aliphatic heterocycles. The molecule has 6 nitrogen and oxygen atoms in total. The van der Waals surface area contributed by atoms with E-state index in [-0.39, 0.29) is 0 Å². The molecule has 0 spiro atoms. The lowest BCUT2D eigenvalue weighted by atomic mass is 10.1. The number of likely N-dealkylation sites (tertiary alicyclic amines) is 1. The Hall–Kier alpha value is -2.38. The normalized spacial score (nSPS) is 19.6. The largest absolute Gasteiger partial charge is 0.508 e. The van der Waals surface area contributed by atoms with E-state index in [2.05, 4.69) is 9.80 Å². The number of aromatic nitrogens is 2. The second kappa shape index (κ2) is 8.52. The molecule has 3 aliphatic rings. The van der Waals surface area contributed by atoms with Crippen molar-refractivity contribution in [1.82, 2.24) is 9.97 Å². The van der Waals surface area contributed by atoms with Crippen molar-refractivity contribution in [2.45, 2.75) is 45.1 Å². The van der Waals surface area contributed by atoms with Gasteiger partial charge in [-0.15, -0.1) is 11.3 Å². The molecule has 2 N–H and O–H groups in total. The molecule has 0 saturated carbocycles. The predicted octanol–water partition coefficient (Wildman–Crippen LogP) is 2.78. The zero-order valence-electron chi connectivity index (χ0n) is 18.6. The number of quaternary nitrogens is 1. The molecule has 0 atom stereocenters. The lowest BCUT2D eigenvalue weighted by Crippen LogP contribution is -3.11. The third-order valence-corrected chi connectivity index (χ3v) is 8.54. The van der Waals surface area contributed by atoms with Crippen LogP contribution in [0.5, 0.6) is 5.75 Å². The lowest BCUT2D eigenvalue weighted by molar-refractivity contribution is -0.919. The molecule has 4 heterocycles. The van der Waals surface area contributed by atoms with Crippen molar-refractivity contribution in [2.75, 3.05) is 49.1 Å². The van der Waals surface area contributed by atoms with Gasteiger partial charge in [0.05, 0.1) is 18.5 Å². The first-order valence-electron chi connectivity index (χ1n) is 12.2. The summed E-state index contributed by atoms with van der Waals surface area (Å²) in [5.74, 6) is 2.54. The molecular weight excluding hydrogens is 418 g/mol. The number of aryl methyl sites for hydroxylation is 2. The Kier molecular flexibility index (Phi) is 5.39. The van der Waals surface area contributed by atoms with Crippen LogP contribution in [0.1, 0.15) is 41.9 Å². The van der Waals surface area contributed by atoms with E-state index < -0.39 is 0 Å². The predicted molar refractivity (Wildman–Crippen MR) is 130 cm³/mol. The van der Waals surface area contributed by atoms with Crippen LogP contribution in [0, 0.1) is 0 Å². The summed E-state index contributed by atoms with van der Waals surface area (Å²) < 4.78 is 0. The summed E-state index contributed by atoms with van der Waals surface area (Å²) in [5.41, 5.74) is 2.71. The molecule has 0 bridgehead atoms. The summed E-state index contributed by atoms with van der Waals surface area (Å²) in [6.07, 6.45) is 7.68. The third kappa shape index (κ3) is 3.82. The van der Waals surface area contributed by atoms with Gasteiger partial charge in [-0.1, -0.05) is 0 Å². The second-order valence-electron chi connectivity index (χ2n) is 9.48. The fourth-order valence-corrected chi connectivity index (χ4v) is 6.89. The maximum atomic E-state index is 9.60. The van der Waals surface area contributed by atoms with Crippen LogP contribution >= 0.6 is 11.3 Å². The quantitative estimate of drug-likeness (QED) is 0.640. The smallest absolute Gasteiger partial charge is 0.187 e. The Labute approximate surface area is 193 Å². The van der Waals surface area contributed by atoms with Gasteiger partial charge in [0, 0.05) is 36.7 Å². The van der Waals surface area contributed by atoms with E-state index in [0.29, 0.717) is 5.75 Å². The number of piperidine rings is 1. The zero-order chi connectivity index (χ0) is 21.5. The van der Waals surface area contributed by atoms with Crippen molar-refractivity contribution in [2.24, 2.45) is 0 Å². The van der Waals surface area contributed by atoms with Gasteiger partial charge in [0.1, 0.15) is 22.9 Å². The van der Waals surface area contributed by atoms with E-state index in [4.69, 9.17) is 9.97 Å². The number of nitrogens with one attached hydrogen (secondary N) is 1. The summed E-state index contributed by atoms with van der Waals surface area (Å²) >= 11 is 1.92. The van der Waals surface area contributed by atoms with Crippen molar-refractivity contribution in [1.29, 1.82) is 0 Å². The van der Waals surface area contributed by atoms with E-state index >= 15 is 0 Å². The number of hydrogen-bond acceptors (Lipinski definition) is 6. The lowest BCUT2D eigenvalue weighted by Gasteiger charge is -2.37. The van der Waals surface area contributed by atoms with E-state index in [1.54, 1.807) is 21.9 Å². The van der Waals surface area contributed by atoms with E-state index in [0.717, 1.165) is 38.5 Å². The average molecular weight is 451 g/mol. The van der Waals surface area contributed by atoms with Gasteiger partial charge in [-0.3, -0.25) is 0 Å². The molecule has 2 fully saturated rings. The Balaban J connectivity index is 1.29. The van der Waals surface area contributed by atoms with Gasteiger partial charge in [-0.25, -0.2) is 9.97 Å². The fraction of sp³-hybridized carbons (Fsp3) is 0.520. The molecule has 6 rings (SSSR count). The highest BCUT2D eigenvalue weighted by Gasteiger charge is 2.28. The minimum absolute atomic E-state index is 0.324. The molecule has 2 saturated heterocycles. The highest BCUT2D eigenvalue weighted by atomic mass is 32.1. The molecule has 2 aromatic heterocycles. The van der Waals surface area contributed by atoms with Gasteiger partial charge in [-0.2, -0.15) is 0 Å². The minimum atomic E-state index is 0.324. The van der Waals surface area contributed by atoms with Crippen molar-refractivity contribution in [3.8, 4) is 5.75 Å². The summed E-state index contributed by atoms with van der Waals surface area (Å²) in [7, 11) is 0. The Morgan fingerprint density at radius 1 is 0.875 bits per heavy atom. The Morgan fingerprint density at radius 3 is 2.41 bits per heavy atom. The van der Waals surface area contributed by atoms with Crippen LogP contribution in [-0.4, -0.2) is 54.3 Å². The van der Waals surface area contributed by atoms with Crippen LogP contribution in [0.2, 0.25) is 0 Å². The highest BCUT2D eigenvalue weighted by molar-refractivity contribution is 7.19. The van der Waals surface area contributed by atoms with E-state index in [9.17, 15) is 5.11 Å². The highest BCUT2D eigenvalue weighted by Crippen LogP contribution is 2.40. The number of piperazine rings is 1. The Morgan fingerprint density at radius 2 is 1.62 bits per heavy atom. The zero-order valence-corrected chi connectivity index (χ0v) is 19.5. The summed E-state index contributed by atoms with van der Waals surface area (Å²) in [6, 6.07) is 7.58. The molecule has 168 valence electrons. The minimum Gasteiger partial charge on any atom is -0.508 e. The average Bonchev–Trinajstić information content (AvgIpc) is 3.41. The number of benzene rings is 1. The van der Waals surface area contributed by atoms with Crippen LogP contribution in [0.15, 0.2) is 24.3 Å². The van der Waals surface area contributed by atoms with Crippen LogP contribution in [-0.2, 0) is 19.4 Å². The number of hydrogen-bond donors (Lipinski definition) is 2. The SMILES string of the molecule is Oc1ccc(N2CCN(c3nc(C[NH+]4CCCCC4)nc4sc5c(c34)CCC5)CC2)cc1. The number of phenolic OH excluding ortho intramolecular Hbond substituents is 1. The summed E-state index contributed by atoms with van der Waals surface area (Å²) in [6.45, 7) is 7.33. The summed E-state index contributed by atoms with van der Waals surface area (Å²) in [5, 5.41) is 10.9. The van der Waals surface area contributed by atoms with Crippen LogP contribution in [0.3, 0.4) is 0 Å². The molecule has 1 aliphatic carbocycles. The van der Waals surface area contributed by atoms with Gasteiger partial charge in [0.2, 0.25) is 0 Å². The van der Waals surface area contributed by atoms with Gasteiger partial charge in [-0.05, 0) is 68.4 Å². The van der Waals surface area contributed by atoms with Crippen LogP contribution in [0.25, 0.3) is 10.2 Å². The van der Waals surface area contributed by atoms with Crippen molar-refractivity contribution in [3.63, 3.8) is 0 Å². The third-order valence-electron chi connectivity index (χ3n) is 7.35. The van der Waals surface area contributed by atoms with E-state index in [1.165, 1.54) is 78.9 Å². The van der Waals surface area contributed by atoms with Crippen LogP contribution in [0.4, 0.5) is 11.5 Å². The number of nitrogens with zero attached hydrogens (tertiary/aromatic N) is 4. The first-order valence-corrected chi connectivity index (χ1v) is 13.0. The van der Waals surface area contributed by atoms with Gasteiger partial charge < -0.3 is 19.8 Å². The summed E-state index contributed by atoms with van der Waals surface area (Å²) in [4.78, 5) is 19.6. The topological polar surface area (TPSA) is 56.9 Å². The molecule has 0 radical (unpaired) electrons. The molecule has 3 aromatic rings. The van der Waals surface area contributed by atoms with Crippen molar-refractivity contribution < 1.29 is 10.0 Å². The second-order valence-corrected chi connectivity index (χ2v) is 10.6. The number of anilines is 2. The maximum absolute atomic E-state index is 9.60. The molecule has 1 aromatic carbocycles. The molecule has 32 heavy (non-hydrogen) atoms. The number of phenols is 1.